The zero-order valence-electron chi connectivity index (χ0n) is 22.1. The Morgan fingerprint density at radius 2 is 1.84 bits per heavy atom. The standard InChI is InChI=1S/C26H33N7O3S2/c1-5-21-22(14-27)24(33-12-10-19(11-13-33)30-25(34)17(2)29)31-26(23(21)15-28)37-16-18-6-8-20(9-7-18)32(3)38(4,35)36/h6-9,17,19H,5,10-13,16,29H2,1-4H3,(H,30,34)/t17-/m1/s1. The lowest BCUT2D eigenvalue weighted by molar-refractivity contribution is -0.122. The topological polar surface area (TPSA) is 156 Å². The molecular weight excluding hydrogens is 522 g/mol. The van der Waals surface area contributed by atoms with Crippen LogP contribution in [-0.2, 0) is 27.0 Å². The molecule has 12 heteroatoms. The Labute approximate surface area is 228 Å². The molecule has 1 aliphatic heterocycles. The average molecular weight is 556 g/mol. The smallest absolute Gasteiger partial charge is 0.236 e. The number of hydrogen-bond acceptors (Lipinski definition) is 9. The number of hydrogen-bond donors (Lipinski definition) is 2. The van der Waals surface area contributed by atoms with E-state index in [1.165, 1.54) is 23.1 Å². The summed E-state index contributed by atoms with van der Waals surface area (Å²) in [5, 5.41) is 23.5. The summed E-state index contributed by atoms with van der Waals surface area (Å²) in [6.07, 6.45) is 3.06. The highest BCUT2D eigenvalue weighted by Gasteiger charge is 2.27. The molecule has 2 heterocycles. The number of pyridine rings is 1. The van der Waals surface area contributed by atoms with Gasteiger partial charge in [-0.1, -0.05) is 19.1 Å². The van der Waals surface area contributed by atoms with Crippen LogP contribution in [0.3, 0.4) is 0 Å². The lowest BCUT2D eigenvalue weighted by atomic mass is 9.99. The van der Waals surface area contributed by atoms with Crippen molar-refractivity contribution in [1.82, 2.24) is 10.3 Å². The van der Waals surface area contributed by atoms with Crippen LogP contribution in [0.5, 0.6) is 0 Å². The van der Waals surface area contributed by atoms with E-state index in [4.69, 9.17) is 10.7 Å². The van der Waals surface area contributed by atoms with Crippen molar-refractivity contribution in [1.29, 1.82) is 10.5 Å². The predicted octanol–water partition coefficient (Wildman–Crippen LogP) is 2.51. The van der Waals surface area contributed by atoms with Crippen molar-refractivity contribution < 1.29 is 13.2 Å². The first-order valence-electron chi connectivity index (χ1n) is 12.3. The zero-order chi connectivity index (χ0) is 28.0. The van der Waals surface area contributed by atoms with Gasteiger partial charge in [-0.25, -0.2) is 13.4 Å². The first kappa shape index (κ1) is 29.2. The molecule has 0 unspecified atom stereocenters. The SMILES string of the molecule is CCc1c(C#N)c(SCc2ccc(N(C)S(C)(=O)=O)cc2)nc(N2CCC(NC(=O)[C@@H](C)N)CC2)c1C#N. The van der Waals surface area contributed by atoms with Crippen LogP contribution in [0.25, 0.3) is 0 Å². The number of carbonyl (C=O) groups excluding carboxylic acids is 1. The van der Waals surface area contributed by atoms with Gasteiger partial charge in [0.15, 0.2) is 0 Å². The molecule has 3 N–H and O–H groups in total. The summed E-state index contributed by atoms with van der Waals surface area (Å²) in [6.45, 7) is 4.79. The average Bonchev–Trinajstić information content (AvgIpc) is 2.90. The fourth-order valence-electron chi connectivity index (χ4n) is 4.23. The Balaban J connectivity index is 1.84. The van der Waals surface area contributed by atoms with Crippen LogP contribution < -0.4 is 20.3 Å². The lowest BCUT2D eigenvalue weighted by Crippen LogP contribution is -2.49. The number of carbonyl (C=O) groups is 1. The van der Waals surface area contributed by atoms with E-state index in [-0.39, 0.29) is 11.9 Å². The number of sulfonamides is 1. The number of nitrogens with two attached hydrogens (primary N) is 1. The summed E-state index contributed by atoms with van der Waals surface area (Å²) in [5.74, 6) is 0.901. The van der Waals surface area contributed by atoms with Gasteiger partial charge in [-0.05, 0) is 49.4 Å². The van der Waals surface area contributed by atoms with Gasteiger partial charge >= 0.3 is 0 Å². The number of anilines is 2. The summed E-state index contributed by atoms with van der Waals surface area (Å²) in [5.41, 5.74) is 8.68. The molecule has 1 amide bonds. The number of piperidine rings is 1. The van der Waals surface area contributed by atoms with Crippen LogP contribution in [0, 0.1) is 22.7 Å². The number of amides is 1. The number of benzene rings is 1. The van der Waals surface area contributed by atoms with Gasteiger partial charge in [0.1, 0.15) is 23.0 Å². The summed E-state index contributed by atoms with van der Waals surface area (Å²) in [7, 11) is -1.85. The number of nitriles is 2. The van der Waals surface area contributed by atoms with Crippen LogP contribution in [0.15, 0.2) is 29.3 Å². The first-order valence-corrected chi connectivity index (χ1v) is 15.2. The van der Waals surface area contributed by atoms with Crippen molar-refractivity contribution in [3.05, 3.63) is 46.5 Å². The Kier molecular flexibility index (Phi) is 9.60. The Bertz CT molecular complexity index is 1360. The van der Waals surface area contributed by atoms with Gasteiger partial charge in [-0.3, -0.25) is 9.10 Å². The molecule has 3 rings (SSSR count). The molecule has 2 aromatic rings. The number of thioether (sulfide) groups is 1. The highest BCUT2D eigenvalue weighted by molar-refractivity contribution is 7.98. The molecule has 0 saturated carbocycles. The van der Waals surface area contributed by atoms with Crippen molar-refractivity contribution in [2.45, 2.75) is 56.0 Å². The third-order valence-corrected chi connectivity index (χ3v) is 8.81. The van der Waals surface area contributed by atoms with Gasteiger partial charge in [0.05, 0.1) is 29.1 Å². The van der Waals surface area contributed by atoms with Crippen LogP contribution in [0.4, 0.5) is 11.5 Å². The molecule has 1 aliphatic rings. The number of aromatic nitrogens is 1. The molecule has 0 bridgehead atoms. The van der Waals surface area contributed by atoms with Gasteiger partial charge < -0.3 is 16.0 Å². The molecule has 1 fully saturated rings. The van der Waals surface area contributed by atoms with Gasteiger partial charge in [-0.15, -0.1) is 11.8 Å². The maximum atomic E-state index is 12.0. The Morgan fingerprint density at radius 3 is 2.34 bits per heavy atom. The monoisotopic (exact) mass is 555 g/mol. The van der Waals surface area contributed by atoms with Crippen molar-refractivity contribution in [3.8, 4) is 12.1 Å². The number of nitrogens with zero attached hydrogens (tertiary/aromatic N) is 5. The second kappa shape index (κ2) is 12.5. The van der Waals surface area contributed by atoms with Crippen LogP contribution in [-0.4, -0.2) is 57.8 Å². The molecule has 1 atom stereocenters. The lowest BCUT2D eigenvalue weighted by Gasteiger charge is -2.34. The minimum atomic E-state index is -3.35. The van der Waals surface area contributed by atoms with Crippen LogP contribution in [0.1, 0.15) is 48.9 Å². The van der Waals surface area contributed by atoms with E-state index in [1.807, 2.05) is 24.0 Å². The van der Waals surface area contributed by atoms with Crippen molar-refractivity contribution in [2.75, 3.05) is 35.6 Å². The molecule has 0 spiro atoms. The molecule has 0 radical (unpaired) electrons. The molecule has 10 nitrogen and oxygen atoms in total. The van der Waals surface area contributed by atoms with Crippen LogP contribution >= 0.6 is 11.8 Å². The summed E-state index contributed by atoms with van der Waals surface area (Å²) >= 11 is 1.41. The minimum absolute atomic E-state index is 0.0119. The molecule has 202 valence electrons. The molecule has 1 aromatic carbocycles. The van der Waals surface area contributed by atoms with Gasteiger partial charge in [0.25, 0.3) is 0 Å². The van der Waals surface area contributed by atoms with E-state index >= 15 is 0 Å². The number of nitrogens with one attached hydrogen (secondary N) is 1. The zero-order valence-corrected chi connectivity index (χ0v) is 23.7. The van der Waals surface area contributed by atoms with E-state index in [1.54, 1.807) is 19.1 Å². The Hall–Kier alpha value is -3.32. The third-order valence-electron chi connectivity index (χ3n) is 6.55. The fraction of sp³-hybridized carbons (Fsp3) is 0.462. The second-order valence-corrected chi connectivity index (χ2v) is 12.3. The highest BCUT2D eigenvalue weighted by Crippen LogP contribution is 2.34. The largest absolute Gasteiger partial charge is 0.355 e. The number of rotatable bonds is 9. The molecule has 1 aromatic heterocycles. The van der Waals surface area contributed by atoms with Gasteiger partial charge in [0.2, 0.25) is 15.9 Å². The van der Waals surface area contributed by atoms with E-state index < -0.39 is 16.1 Å². The summed E-state index contributed by atoms with van der Waals surface area (Å²) in [4.78, 5) is 18.8. The van der Waals surface area contributed by atoms with Crippen molar-refractivity contribution >= 4 is 39.2 Å². The third kappa shape index (κ3) is 6.76. The van der Waals surface area contributed by atoms with E-state index in [0.29, 0.717) is 71.3 Å². The normalized spacial score (nSPS) is 14.9. The maximum Gasteiger partial charge on any atom is 0.236 e. The van der Waals surface area contributed by atoms with E-state index in [2.05, 4.69) is 17.5 Å². The fourth-order valence-corrected chi connectivity index (χ4v) is 5.69. The van der Waals surface area contributed by atoms with Crippen molar-refractivity contribution in [3.63, 3.8) is 0 Å². The quantitative estimate of drug-likeness (QED) is 0.444. The molecular formula is C26H33N7O3S2. The van der Waals surface area contributed by atoms with E-state index in [0.717, 1.165) is 11.8 Å². The van der Waals surface area contributed by atoms with E-state index in [9.17, 15) is 23.7 Å². The van der Waals surface area contributed by atoms with Gasteiger partial charge in [-0.2, -0.15) is 10.5 Å². The summed E-state index contributed by atoms with van der Waals surface area (Å²) in [6, 6.07) is 11.1. The van der Waals surface area contributed by atoms with Crippen LogP contribution in [0.2, 0.25) is 0 Å². The molecule has 1 saturated heterocycles. The molecule has 38 heavy (non-hydrogen) atoms. The second-order valence-electron chi connectivity index (χ2n) is 9.29. The summed E-state index contributed by atoms with van der Waals surface area (Å²) < 4.78 is 24.8. The van der Waals surface area contributed by atoms with Crippen molar-refractivity contribution in [2.24, 2.45) is 5.73 Å². The van der Waals surface area contributed by atoms with Gasteiger partial charge in [0, 0.05) is 31.9 Å². The Morgan fingerprint density at radius 1 is 1.24 bits per heavy atom. The molecule has 0 aliphatic carbocycles. The highest BCUT2D eigenvalue weighted by atomic mass is 32.2. The maximum absolute atomic E-state index is 12.0. The minimum Gasteiger partial charge on any atom is -0.355 e. The predicted molar refractivity (Wildman–Crippen MR) is 149 cm³/mol. The first-order chi connectivity index (χ1) is 18.0.